The van der Waals surface area contributed by atoms with E-state index in [1.807, 2.05) is 17.6 Å². The molecule has 0 bridgehead atoms. The van der Waals surface area contributed by atoms with E-state index in [-0.39, 0.29) is 12.8 Å². The van der Waals surface area contributed by atoms with Gasteiger partial charge in [-0.1, -0.05) is 6.92 Å². The zero-order valence-corrected chi connectivity index (χ0v) is 12.5. The molecule has 7 heteroatoms. The predicted molar refractivity (Wildman–Crippen MR) is 73.5 cm³/mol. The molecule has 0 aliphatic carbocycles. The lowest BCUT2D eigenvalue weighted by Crippen LogP contribution is -2.43. The zero-order chi connectivity index (χ0) is 14.1. The standard InChI is InChI=1S/C12H22N3O3P/c1-3-11-6-4-8-15(11)12(16)14-10-18-19(2)17-9-5-7-13/h11H,3-6,8-10H2,1-2H3,(H,14,16). The van der Waals surface area contributed by atoms with Crippen molar-refractivity contribution >= 4 is 14.4 Å². The van der Waals surface area contributed by atoms with E-state index < -0.39 is 8.38 Å². The van der Waals surface area contributed by atoms with Gasteiger partial charge < -0.3 is 19.3 Å². The number of rotatable bonds is 7. The van der Waals surface area contributed by atoms with Crippen LogP contribution in [0.3, 0.4) is 0 Å². The summed E-state index contributed by atoms with van der Waals surface area (Å²) >= 11 is 0. The number of nitrogens with zero attached hydrogens (tertiary/aromatic N) is 2. The Morgan fingerprint density at radius 1 is 1.58 bits per heavy atom. The van der Waals surface area contributed by atoms with Crippen molar-refractivity contribution in [2.45, 2.75) is 38.6 Å². The fourth-order valence-electron chi connectivity index (χ4n) is 2.07. The molecule has 1 fully saturated rings. The van der Waals surface area contributed by atoms with E-state index in [1.165, 1.54) is 0 Å². The van der Waals surface area contributed by atoms with Gasteiger partial charge in [0.25, 0.3) is 0 Å². The number of nitriles is 1. The van der Waals surface area contributed by atoms with Crippen molar-refractivity contribution in [2.75, 3.05) is 26.5 Å². The first-order valence-corrected chi connectivity index (χ1v) is 8.22. The zero-order valence-electron chi connectivity index (χ0n) is 11.6. The lowest BCUT2D eigenvalue weighted by molar-refractivity contribution is 0.176. The van der Waals surface area contributed by atoms with Crippen molar-refractivity contribution < 1.29 is 13.8 Å². The number of amides is 2. The summed E-state index contributed by atoms with van der Waals surface area (Å²) in [6.07, 6.45) is 3.51. The van der Waals surface area contributed by atoms with Crippen LogP contribution in [0.2, 0.25) is 0 Å². The smallest absolute Gasteiger partial charge is 0.319 e. The Balaban J connectivity index is 2.15. The Bertz CT molecular complexity index is 322. The molecule has 108 valence electrons. The van der Waals surface area contributed by atoms with Crippen molar-refractivity contribution in [3.8, 4) is 6.07 Å². The maximum Gasteiger partial charge on any atom is 0.319 e. The molecule has 1 N–H and O–H groups in total. The van der Waals surface area contributed by atoms with E-state index in [9.17, 15) is 4.79 Å². The quantitative estimate of drug-likeness (QED) is 0.443. The van der Waals surface area contributed by atoms with Gasteiger partial charge in [-0.25, -0.2) is 4.79 Å². The molecular formula is C12H22N3O3P. The Morgan fingerprint density at radius 3 is 3.05 bits per heavy atom. The maximum atomic E-state index is 11.9. The minimum Gasteiger partial charge on any atom is -0.333 e. The van der Waals surface area contributed by atoms with E-state index in [2.05, 4.69) is 12.2 Å². The molecule has 2 atom stereocenters. The van der Waals surface area contributed by atoms with Crippen molar-refractivity contribution in [3.63, 3.8) is 0 Å². The summed E-state index contributed by atoms with van der Waals surface area (Å²) in [4.78, 5) is 13.8. The Labute approximate surface area is 116 Å². The van der Waals surface area contributed by atoms with E-state index in [0.717, 1.165) is 25.8 Å². The second-order valence-electron chi connectivity index (χ2n) is 4.33. The summed E-state index contributed by atoms with van der Waals surface area (Å²) in [7, 11) is -1.03. The van der Waals surface area contributed by atoms with E-state index >= 15 is 0 Å². The molecule has 0 aromatic rings. The van der Waals surface area contributed by atoms with E-state index in [0.29, 0.717) is 19.1 Å². The van der Waals surface area contributed by atoms with Crippen LogP contribution in [-0.4, -0.2) is 43.5 Å². The van der Waals surface area contributed by atoms with Crippen molar-refractivity contribution in [3.05, 3.63) is 0 Å². The van der Waals surface area contributed by atoms with Crippen LogP contribution in [-0.2, 0) is 9.05 Å². The Kier molecular flexibility index (Phi) is 7.73. The van der Waals surface area contributed by atoms with Gasteiger partial charge >= 0.3 is 6.03 Å². The van der Waals surface area contributed by atoms with Crippen molar-refractivity contribution in [1.82, 2.24) is 10.2 Å². The largest absolute Gasteiger partial charge is 0.333 e. The molecule has 1 rings (SSSR count). The van der Waals surface area contributed by atoms with Crippen LogP contribution < -0.4 is 5.32 Å². The minimum absolute atomic E-state index is 0.0650. The first kappa shape index (κ1) is 16.2. The summed E-state index contributed by atoms with van der Waals surface area (Å²) < 4.78 is 10.6. The highest BCUT2D eigenvalue weighted by Gasteiger charge is 2.26. The van der Waals surface area contributed by atoms with Crippen LogP contribution in [0.25, 0.3) is 0 Å². The topological polar surface area (TPSA) is 74.6 Å². The number of likely N-dealkylation sites (tertiary alicyclic amines) is 1. The summed E-state index contributed by atoms with van der Waals surface area (Å²) in [5.74, 6) is 0. The summed E-state index contributed by atoms with van der Waals surface area (Å²) in [6, 6.07) is 2.29. The third-order valence-corrected chi connectivity index (χ3v) is 4.10. The van der Waals surface area contributed by atoms with Crippen LogP contribution >= 0.6 is 8.38 Å². The molecule has 1 saturated heterocycles. The highest BCUT2D eigenvalue weighted by atomic mass is 31.2. The van der Waals surface area contributed by atoms with Gasteiger partial charge in [-0.15, -0.1) is 0 Å². The predicted octanol–water partition coefficient (Wildman–Crippen LogP) is 2.42. The molecule has 0 aromatic carbocycles. The number of carbonyl (C=O) groups excluding carboxylic acids is 1. The summed E-state index contributed by atoms with van der Waals surface area (Å²) in [5.41, 5.74) is 0. The fraction of sp³-hybridized carbons (Fsp3) is 0.833. The lowest BCUT2D eigenvalue weighted by atomic mass is 10.2. The molecule has 0 aromatic heterocycles. The molecule has 6 nitrogen and oxygen atoms in total. The molecule has 0 spiro atoms. The summed E-state index contributed by atoms with van der Waals surface area (Å²) in [5, 5.41) is 11.1. The van der Waals surface area contributed by atoms with Crippen LogP contribution in [0.5, 0.6) is 0 Å². The third-order valence-electron chi connectivity index (χ3n) is 3.07. The number of hydrogen-bond donors (Lipinski definition) is 1. The Hall–Kier alpha value is -0.890. The second kappa shape index (κ2) is 9.08. The van der Waals surface area contributed by atoms with Gasteiger partial charge in [0.1, 0.15) is 6.73 Å². The van der Waals surface area contributed by atoms with Gasteiger partial charge in [-0.2, -0.15) is 5.26 Å². The van der Waals surface area contributed by atoms with E-state index in [4.69, 9.17) is 14.3 Å². The molecule has 2 unspecified atom stereocenters. The van der Waals surface area contributed by atoms with Gasteiger partial charge in [-0.05, 0) is 19.3 Å². The number of urea groups is 1. The first-order chi connectivity index (χ1) is 9.19. The van der Waals surface area contributed by atoms with Crippen molar-refractivity contribution in [1.29, 1.82) is 5.26 Å². The highest BCUT2D eigenvalue weighted by molar-refractivity contribution is 7.46. The van der Waals surface area contributed by atoms with Gasteiger partial charge in [-0.3, -0.25) is 0 Å². The van der Waals surface area contributed by atoms with Crippen LogP contribution in [0.1, 0.15) is 32.6 Å². The van der Waals surface area contributed by atoms with Gasteiger partial charge in [0, 0.05) is 19.3 Å². The monoisotopic (exact) mass is 287 g/mol. The number of carbonyl (C=O) groups is 1. The Morgan fingerprint density at radius 2 is 2.37 bits per heavy atom. The second-order valence-corrected chi connectivity index (χ2v) is 5.73. The molecule has 1 aliphatic heterocycles. The van der Waals surface area contributed by atoms with Gasteiger partial charge in [0.2, 0.25) is 0 Å². The minimum atomic E-state index is -1.03. The third kappa shape index (κ3) is 5.73. The summed E-state index contributed by atoms with van der Waals surface area (Å²) in [6.45, 7) is 5.26. The lowest BCUT2D eigenvalue weighted by Gasteiger charge is -2.24. The van der Waals surface area contributed by atoms with Gasteiger partial charge in [0.05, 0.1) is 19.1 Å². The number of nitrogens with one attached hydrogen (secondary N) is 1. The normalized spacial score (nSPS) is 20.1. The number of hydrogen-bond acceptors (Lipinski definition) is 4. The van der Waals surface area contributed by atoms with E-state index in [1.54, 1.807) is 0 Å². The molecular weight excluding hydrogens is 265 g/mol. The first-order valence-electron chi connectivity index (χ1n) is 6.60. The van der Waals surface area contributed by atoms with Gasteiger partial charge in [0.15, 0.2) is 8.38 Å². The highest BCUT2D eigenvalue weighted by Crippen LogP contribution is 2.32. The molecule has 19 heavy (non-hydrogen) atoms. The maximum absolute atomic E-state index is 11.9. The molecule has 1 aliphatic rings. The van der Waals surface area contributed by atoms with Crippen LogP contribution in [0, 0.1) is 11.3 Å². The fourth-order valence-corrected chi connectivity index (χ4v) is 2.74. The molecule has 0 radical (unpaired) electrons. The molecule has 2 amide bonds. The van der Waals surface area contributed by atoms with Crippen LogP contribution in [0.15, 0.2) is 0 Å². The SMILES string of the molecule is CCC1CCCN1C(=O)NCOP(C)OCCC#N. The molecule has 1 heterocycles. The molecule has 0 saturated carbocycles. The average Bonchev–Trinajstić information content (AvgIpc) is 2.87. The van der Waals surface area contributed by atoms with Crippen molar-refractivity contribution in [2.24, 2.45) is 0 Å². The average molecular weight is 287 g/mol. The van der Waals surface area contributed by atoms with Crippen LogP contribution in [0.4, 0.5) is 4.79 Å².